The predicted molar refractivity (Wildman–Crippen MR) is 137 cm³/mol. The molecule has 10 heteroatoms. The molecule has 0 bridgehead atoms. The zero-order valence-electron chi connectivity index (χ0n) is 18.5. The number of methoxy groups -OCH3 is 1. The van der Waals surface area contributed by atoms with Gasteiger partial charge in [-0.15, -0.1) is 0 Å². The minimum absolute atomic E-state index is 0.0767. The Kier molecular flexibility index (Phi) is 7.11. The van der Waals surface area contributed by atoms with E-state index in [0.717, 1.165) is 5.56 Å². The molecule has 1 N–H and O–H groups in total. The fraction of sp³-hybridized carbons (Fsp3) is 0.208. The second-order valence-electron chi connectivity index (χ2n) is 7.41. The number of halogens is 2. The number of nitrogens with zero attached hydrogens (tertiary/aromatic N) is 2. The molecule has 1 atom stereocenters. The summed E-state index contributed by atoms with van der Waals surface area (Å²) in [6.45, 7) is 3.69. The Morgan fingerprint density at radius 3 is 2.47 bits per heavy atom. The molecule has 0 spiro atoms. The highest BCUT2D eigenvalue weighted by atomic mass is 79.9. The van der Waals surface area contributed by atoms with Crippen molar-refractivity contribution in [2.45, 2.75) is 19.9 Å². The van der Waals surface area contributed by atoms with Gasteiger partial charge in [0.2, 0.25) is 0 Å². The number of thiazole rings is 1. The molecule has 0 aliphatic carbocycles. The summed E-state index contributed by atoms with van der Waals surface area (Å²) >= 11 is 7.87. The van der Waals surface area contributed by atoms with Crippen LogP contribution in [0.4, 0.5) is 0 Å². The lowest BCUT2D eigenvalue weighted by atomic mass is 9.96. The molecule has 1 unspecified atom stereocenters. The van der Waals surface area contributed by atoms with E-state index >= 15 is 0 Å². The molecule has 34 heavy (non-hydrogen) atoms. The number of fused-ring (bicyclic) bond motifs is 1. The number of esters is 1. The third-order valence-electron chi connectivity index (χ3n) is 5.29. The summed E-state index contributed by atoms with van der Waals surface area (Å²) in [6, 6.07) is 9.97. The van der Waals surface area contributed by atoms with E-state index in [2.05, 4.69) is 36.9 Å². The minimum atomic E-state index is -0.693. The topological polar surface area (TPSA) is 90.1 Å². The van der Waals surface area contributed by atoms with Gasteiger partial charge in [-0.1, -0.05) is 23.5 Å². The van der Waals surface area contributed by atoms with Crippen LogP contribution in [0.15, 0.2) is 66.4 Å². The highest BCUT2D eigenvalue weighted by Gasteiger charge is 2.33. The number of ether oxygens (including phenoxy) is 2. The second kappa shape index (κ2) is 9.89. The molecule has 1 aliphatic rings. The maximum atomic E-state index is 13.6. The summed E-state index contributed by atoms with van der Waals surface area (Å²) in [6.07, 6.45) is 1.73. The van der Waals surface area contributed by atoms with Gasteiger partial charge < -0.3 is 14.6 Å². The van der Waals surface area contributed by atoms with Crippen molar-refractivity contribution in [2.75, 3.05) is 13.7 Å². The number of phenolic OH excluding ortho intramolecular Hbond substituents is 1. The number of rotatable bonds is 5. The van der Waals surface area contributed by atoms with Gasteiger partial charge in [-0.2, -0.15) is 0 Å². The number of hydrogen-bond acceptors (Lipinski definition) is 7. The Hall–Kier alpha value is -2.69. The first-order valence-electron chi connectivity index (χ1n) is 10.3. The van der Waals surface area contributed by atoms with Gasteiger partial charge in [0, 0.05) is 0 Å². The lowest BCUT2D eigenvalue weighted by Gasteiger charge is -2.24. The smallest absolute Gasteiger partial charge is 0.338 e. The van der Waals surface area contributed by atoms with Crippen molar-refractivity contribution in [1.82, 2.24) is 4.57 Å². The highest BCUT2D eigenvalue weighted by molar-refractivity contribution is 9.11. The van der Waals surface area contributed by atoms with Gasteiger partial charge in [0.25, 0.3) is 5.56 Å². The van der Waals surface area contributed by atoms with Gasteiger partial charge in [0.15, 0.2) is 4.80 Å². The van der Waals surface area contributed by atoms with Crippen molar-refractivity contribution >= 4 is 55.2 Å². The number of benzene rings is 2. The molecule has 1 aromatic heterocycles. The van der Waals surface area contributed by atoms with Crippen molar-refractivity contribution in [2.24, 2.45) is 4.99 Å². The zero-order valence-corrected chi connectivity index (χ0v) is 22.5. The quantitative estimate of drug-likeness (QED) is 0.442. The van der Waals surface area contributed by atoms with Crippen LogP contribution < -0.4 is 19.6 Å². The van der Waals surface area contributed by atoms with Crippen molar-refractivity contribution in [3.63, 3.8) is 0 Å². The van der Waals surface area contributed by atoms with Crippen LogP contribution in [-0.2, 0) is 9.53 Å². The average Bonchev–Trinajstić information content (AvgIpc) is 3.11. The lowest BCUT2D eigenvalue weighted by Crippen LogP contribution is -2.39. The third kappa shape index (κ3) is 4.49. The van der Waals surface area contributed by atoms with Gasteiger partial charge in [-0.3, -0.25) is 9.36 Å². The normalized spacial score (nSPS) is 15.7. The lowest BCUT2D eigenvalue weighted by molar-refractivity contribution is -0.139. The van der Waals surface area contributed by atoms with E-state index in [0.29, 0.717) is 40.9 Å². The maximum absolute atomic E-state index is 13.6. The van der Waals surface area contributed by atoms with Crippen LogP contribution in [0.5, 0.6) is 11.5 Å². The summed E-state index contributed by atoms with van der Waals surface area (Å²) in [5.74, 6) is 0.232. The average molecular weight is 608 g/mol. The van der Waals surface area contributed by atoms with Crippen LogP contribution in [-0.4, -0.2) is 29.4 Å². The molecule has 0 fully saturated rings. The first-order chi connectivity index (χ1) is 16.2. The van der Waals surface area contributed by atoms with Crippen LogP contribution in [0.3, 0.4) is 0 Å². The molecule has 7 nitrogen and oxygen atoms in total. The summed E-state index contributed by atoms with van der Waals surface area (Å²) in [5.41, 5.74) is 1.99. The van der Waals surface area contributed by atoms with Crippen LogP contribution in [0.25, 0.3) is 6.08 Å². The molecule has 3 aromatic rings. The van der Waals surface area contributed by atoms with Gasteiger partial charge in [0.1, 0.15) is 11.5 Å². The fourth-order valence-electron chi connectivity index (χ4n) is 3.71. The summed E-state index contributed by atoms with van der Waals surface area (Å²) in [7, 11) is 1.58. The third-order valence-corrected chi connectivity index (χ3v) is 7.48. The summed E-state index contributed by atoms with van der Waals surface area (Å²) < 4.78 is 13.5. The molecule has 0 saturated carbocycles. The highest BCUT2D eigenvalue weighted by Crippen LogP contribution is 2.34. The molecule has 0 amide bonds. The summed E-state index contributed by atoms with van der Waals surface area (Å²) in [5, 5.41) is 9.99. The molecule has 176 valence electrons. The van der Waals surface area contributed by atoms with E-state index in [9.17, 15) is 14.7 Å². The van der Waals surface area contributed by atoms with E-state index in [4.69, 9.17) is 9.47 Å². The Morgan fingerprint density at radius 2 is 1.88 bits per heavy atom. The molecule has 0 radical (unpaired) electrons. The standard InChI is InChI=1S/C24H20Br2N2O5S/c1-4-33-23(31)19-12(2)27-24-28(20(19)14-5-7-15(32-3)8-6-14)22(30)18(34-24)11-13-9-16(25)21(29)17(26)10-13/h5-11,20,29H,4H2,1-3H3/b18-11-. The van der Waals surface area contributed by atoms with E-state index < -0.39 is 12.0 Å². The monoisotopic (exact) mass is 606 g/mol. The van der Waals surface area contributed by atoms with Crippen LogP contribution in [0, 0.1) is 0 Å². The molecule has 2 heterocycles. The van der Waals surface area contributed by atoms with Crippen molar-refractivity contribution in [1.29, 1.82) is 0 Å². The second-order valence-corrected chi connectivity index (χ2v) is 10.1. The number of allylic oxidation sites excluding steroid dienone is 1. The first kappa shape index (κ1) is 24.4. The van der Waals surface area contributed by atoms with Crippen LogP contribution >= 0.6 is 43.2 Å². The van der Waals surface area contributed by atoms with E-state index in [1.807, 2.05) is 12.1 Å². The molecule has 0 saturated heterocycles. The largest absolute Gasteiger partial charge is 0.506 e. The van der Waals surface area contributed by atoms with Gasteiger partial charge >= 0.3 is 5.97 Å². The number of hydrogen-bond donors (Lipinski definition) is 1. The molecule has 4 rings (SSSR count). The molecule has 2 aromatic carbocycles. The minimum Gasteiger partial charge on any atom is -0.506 e. The number of aromatic hydroxyl groups is 1. The van der Waals surface area contributed by atoms with Gasteiger partial charge in [-0.05, 0) is 87.2 Å². The van der Waals surface area contributed by atoms with Crippen LogP contribution in [0.2, 0.25) is 0 Å². The number of carbonyl (C=O) groups excluding carboxylic acids is 1. The molecular formula is C24H20Br2N2O5S. The SMILES string of the molecule is CCOC(=O)C1=C(C)N=c2s/c(=C\c3cc(Br)c(O)c(Br)c3)c(=O)n2C1c1ccc(OC)cc1. The number of phenols is 1. The van der Waals surface area contributed by atoms with Crippen molar-refractivity contribution < 1.29 is 19.4 Å². The predicted octanol–water partition coefficient (Wildman–Crippen LogP) is 4.04. The van der Waals surface area contributed by atoms with E-state index in [1.54, 1.807) is 51.3 Å². The van der Waals surface area contributed by atoms with E-state index in [-0.39, 0.29) is 17.9 Å². The zero-order chi connectivity index (χ0) is 24.6. The van der Waals surface area contributed by atoms with Crippen LogP contribution in [0.1, 0.15) is 31.0 Å². The Bertz CT molecular complexity index is 1470. The Morgan fingerprint density at radius 1 is 1.24 bits per heavy atom. The number of aromatic nitrogens is 1. The van der Waals surface area contributed by atoms with Gasteiger partial charge in [-0.25, -0.2) is 9.79 Å². The Balaban J connectivity index is 1.95. The van der Waals surface area contributed by atoms with Gasteiger partial charge in [0.05, 0.1) is 44.5 Å². The van der Waals surface area contributed by atoms with E-state index in [1.165, 1.54) is 15.9 Å². The molecule has 1 aliphatic heterocycles. The first-order valence-corrected chi connectivity index (χ1v) is 12.7. The fourth-order valence-corrected chi connectivity index (χ4v) is 5.98. The molecular weight excluding hydrogens is 588 g/mol. The Labute approximate surface area is 215 Å². The maximum Gasteiger partial charge on any atom is 0.338 e. The van der Waals surface area contributed by atoms with Crippen molar-refractivity contribution in [3.05, 3.63) is 87.4 Å². The summed E-state index contributed by atoms with van der Waals surface area (Å²) in [4.78, 5) is 31.6. The number of carbonyl (C=O) groups is 1. The van der Waals surface area contributed by atoms with Crippen molar-refractivity contribution in [3.8, 4) is 11.5 Å².